The molecule has 0 bridgehead atoms. The van der Waals surface area contributed by atoms with Crippen LogP contribution in [0.25, 0.3) is 5.76 Å². The molecule has 1 atom stereocenters. The third-order valence-electron chi connectivity index (χ3n) is 6.33. The van der Waals surface area contributed by atoms with Crippen molar-refractivity contribution < 1.29 is 24.2 Å². The van der Waals surface area contributed by atoms with E-state index < -0.39 is 17.7 Å². The van der Waals surface area contributed by atoms with Crippen molar-refractivity contribution in [2.75, 3.05) is 40.4 Å². The average Bonchev–Trinajstić information content (AvgIpc) is 3.11. The molecule has 37 heavy (non-hydrogen) atoms. The maximum absolute atomic E-state index is 13.3. The Balaban J connectivity index is 2.02. The van der Waals surface area contributed by atoms with Crippen molar-refractivity contribution in [2.45, 2.75) is 46.6 Å². The molecule has 1 N–H and O–H groups in total. The Hall–Kier alpha value is -3.32. The molecular formula is C30H40N2O5. The lowest BCUT2D eigenvalue weighted by Gasteiger charge is -2.27. The van der Waals surface area contributed by atoms with Gasteiger partial charge in [0.25, 0.3) is 11.7 Å². The van der Waals surface area contributed by atoms with Crippen LogP contribution in [0.5, 0.6) is 11.5 Å². The van der Waals surface area contributed by atoms with Crippen LogP contribution in [-0.4, -0.2) is 67.0 Å². The number of Topliss-reactive ketones (excluding diaryl/α,β-unsaturated/α-hetero) is 1. The number of likely N-dealkylation sites (N-methyl/N-ethyl adjacent to an activating group) is 1. The fourth-order valence-corrected chi connectivity index (χ4v) is 4.25. The second kappa shape index (κ2) is 12.8. The molecule has 1 aliphatic rings. The van der Waals surface area contributed by atoms with Gasteiger partial charge in [-0.2, -0.15) is 0 Å². The van der Waals surface area contributed by atoms with Crippen molar-refractivity contribution in [3.05, 3.63) is 64.7 Å². The van der Waals surface area contributed by atoms with Crippen LogP contribution in [-0.2, 0) is 9.59 Å². The zero-order valence-corrected chi connectivity index (χ0v) is 22.9. The van der Waals surface area contributed by atoms with Crippen LogP contribution in [0.4, 0.5) is 0 Å². The van der Waals surface area contributed by atoms with Crippen molar-refractivity contribution in [2.24, 2.45) is 5.92 Å². The molecule has 2 aromatic rings. The molecule has 1 amide bonds. The number of likely N-dealkylation sites (tertiary alicyclic amines) is 1. The quantitative estimate of drug-likeness (QED) is 0.184. The van der Waals surface area contributed by atoms with E-state index in [1.54, 1.807) is 17.0 Å². The standard InChI is InChI=1S/C30H40N2O5/c1-7-8-17-36-23-11-9-22(10-12-23)27-26(29(34)30(35)32(27)16-15-31(5)6)28(33)25-14-13-24(18-21(25)4)37-19-20(2)3/h9-14,18,20,27,33H,7-8,15-17,19H2,1-6H3/b28-26+. The number of hydrogen-bond acceptors (Lipinski definition) is 6. The molecule has 0 saturated carbocycles. The predicted octanol–water partition coefficient (Wildman–Crippen LogP) is 5.19. The van der Waals surface area contributed by atoms with Gasteiger partial charge in [0.2, 0.25) is 0 Å². The minimum atomic E-state index is -0.694. The van der Waals surface area contributed by atoms with E-state index in [9.17, 15) is 14.7 Å². The second-order valence-corrected chi connectivity index (χ2v) is 10.2. The third kappa shape index (κ3) is 6.92. The van der Waals surface area contributed by atoms with E-state index in [2.05, 4.69) is 20.8 Å². The fraction of sp³-hybridized carbons (Fsp3) is 0.467. The van der Waals surface area contributed by atoms with Gasteiger partial charge in [0.15, 0.2) is 0 Å². The van der Waals surface area contributed by atoms with Crippen molar-refractivity contribution >= 4 is 17.4 Å². The topological polar surface area (TPSA) is 79.3 Å². The highest BCUT2D eigenvalue weighted by atomic mass is 16.5. The lowest BCUT2D eigenvalue weighted by atomic mass is 9.94. The summed E-state index contributed by atoms with van der Waals surface area (Å²) in [7, 11) is 3.83. The minimum absolute atomic E-state index is 0.0994. The maximum atomic E-state index is 13.3. The largest absolute Gasteiger partial charge is 0.507 e. The highest BCUT2D eigenvalue weighted by Gasteiger charge is 2.46. The first-order valence-corrected chi connectivity index (χ1v) is 13.0. The molecule has 1 saturated heterocycles. The number of unbranched alkanes of at least 4 members (excludes halogenated alkanes) is 1. The molecule has 200 valence electrons. The summed E-state index contributed by atoms with van der Waals surface area (Å²) in [5, 5.41) is 11.4. The molecule has 1 aliphatic heterocycles. The maximum Gasteiger partial charge on any atom is 0.295 e. The van der Waals surface area contributed by atoms with Crippen molar-refractivity contribution in [3.8, 4) is 11.5 Å². The number of nitrogens with zero attached hydrogens (tertiary/aromatic N) is 2. The van der Waals surface area contributed by atoms with Gasteiger partial charge in [-0.3, -0.25) is 9.59 Å². The number of ketones is 1. The van der Waals surface area contributed by atoms with Gasteiger partial charge in [0, 0.05) is 18.7 Å². The molecule has 1 unspecified atom stereocenters. The van der Waals surface area contributed by atoms with E-state index in [1.807, 2.05) is 56.3 Å². The zero-order valence-electron chi connectivity index (χ0n) is 22.9. The second-order valence-electron chi connectivity index (χ2n) is 10.2. The Morgan fingerprint density at radius 1 is 1.05 bits per heavy atom. The number of amides is 1. The highest BCUT2D eigenvalue weighted by molar-refractivity contribution is 6.46. The summed E-state index contributed by atoms with van der Waals surface area (Å²) in [6.07, 6.45) is 2.01. The Labute approximate surface area is 220 Å². The monoisotopic (exact) mass is 508 g/mol. The molecule has 2 aromatic carbocycles. The molecule has 0 radical (unpaired) electrons. The highest BCUT2D eigenvalue weighted by Crippen LogP contribution is 2.40. The molecule has 7 heteroatoms. The first kappa shape index (κ1) is 28.3. The molecule has 7 nitrogen and oxygen atoms in total. The van der Waals surface area contributed by atoms with Gasteiger partial charge >= 0.3 is 0 Å². The Morgan fingerprint density at radius 2 is 1.73 bits per heavy atom. The Kier molecular flexibility index (Phi) is 9.75. The number of rotatable bonds is 12. The van der Waals surface area contributed by atoms with E-state index in [0.717, 1.165) is 29.7 Å². The van der Waals surface area contributed by atoms with Crippen molar-refractivity contribution in [1.82, 2.24) is 9.80 Å². The van der Waals surface area contributed by atoms with Crippen LogP contribution in [0.3, 0.4) is 0 Å². The van der Waals surface area contributed by atoms with Gasteiger partial charge in [-0.25, -0.2) is 0 Å². The van der Waals surface area contributed by atoms with Crippen LogP contribution in [0, 0.1) is 12.8 Å². The van der Waals surface area contributed by atoms with Gasteiger partial charge in [-0.1, -0.05) is 39.3 Å². The summed E-state index contributed by atoms with van der Waals surface area (Å²) in [5.74, 6) is 0.358. The number of carbonyl (C=O) groups excluding carboxylic acids is 2. The number of aliphatic hydroxyl groups is 1. The van der Waals surface area contributed by atoms with Gasteiger partial charge in [0.05, 0.1) is 24.8 Å². The smallest absolute Gasteiger partial charge is 0.295 e. The number of benzene rings is 2. The van der Waals surface area contributed by atoms with Gasteiger partial charge < -0.3 is 24.4 Å². The summed E-state index contributed by atoms with van der Waals surface area (Å²) < 4.78 is 11.6. The fourth-order valence-electron chi connectivity index (χ4n) is 4.25. The Morgan fingerprint density at radius 3 is 2.32 bits per heavy atom. The van der Waals surface area contributed by atoms with Gasteiger partial charge in [0.1, 0.15) is 17.3 Å². The van der Waals surface area contributed by atoms with E-state index in [1.165, 1.54) is 0 Å². The third-order valence-corrected chi connectivity index (χ3v) is 6.33. The van der Waals surface area contributed by atoms with Gasteiger partial charge in [-0.15, -0.1) is 0 Å². The van der Waals surface area contributed by atoms with Gasteiger partial charge in [-0.05, 0) is 74.8 Å². The lowest BCUT2D eigenvalue weighted by Crippen LogP contribution is -2.35. The first-order valence-electron chi connectivity index (χ1n) is 13.0. The van der Waals surface area contributed by atoms with E-state index in [0.29, 0.717) is 43.5 Å². The number of carbonyl (C=O) groups is 2. The van der Waals surface area contributed by atoms with E-state index in [-0.39, 0.29) is 11.3 Å². The van der Waals surface area contributed by atoms with Crippen LogP contribution in [0.2, 0.25) is 0 Å². The SMILES string of the molecule is CCCCOc1ccc(C2/C(=C(\O)c3ccc(OCC(C)C)cc3C)C(=O)C(=O)N2CCN(C)C)cc1. The van der Waals surface area contributed by atoms with Crippen molar-refractivity contribution in [1.29, 1.82) is 0 Å². The molecular weight excluding hydrogens is 468 g/mol. The molecule has 1 fully saturated rings. The molecule has 0 spiro atoms. The number of aliphatic hydroxyl groups excluding tert-OH is 1. The van der Waals surface area contributed by atoms with E-state index in [4.69, 9.17) is 9.47 Å². The first-order chi connectivity index (χ1) is 17.6. The minimum Gasteiger partial charge on any atom is -0.507 e. The molecule has 3 rings (SSSR count). The summed E-state index contributed by atoms with van der Waals surface area (Å²) >= 11 is 0. The molecule has 0 aromatic heterocycles. The summed E-state index contributed by atoms with van der Waals surface area (Å²) in [6.45, 7) is 10.3. The van der Waals surface area contributed by atoms with Crippen LogP contribution < -0.4 is 9.47 Å². The summed E-state index contributed by atoms with van der Waals surface area (Å²) in [5.41, 5.74) is 2.11. The Bertz CT molecular complexity index is 1120. The normalized spacial score (nSPS) is 17.2. The average molecular weight is 509 g/mol. The number of ether oxygens (including phenoxy) is 2. The summed E-state index contributed by atoms with van der Waals surface area (Å²) in [6, 6.07) is 12.1. The van der Waals surface area contributed by atoms with Crippen LogP contribution >= 0.6 is 0 Å². The molecule has 0 aliphatic carbocycles. The van der Waals surface area contributed by atoms with Crippen LogP contribution in [0.15, 0.2) is 48.0 Å². The zero-order chi connectivity index (χ0) is 27.1. The lowest BCUT2D eigenvalue weighted by molar-refractivity contribution is -0.140. The number of aryl methyl sites for hydroxylation is 1. The molecule has 1 heterocycles. The van der Waals surface area contributed by atoms with Crippen molar-refractivity contribution in [3.63, 3.8) is 0 Å². The summed E-state index contributed by atoms with van der Waals surface area (Å²) in [4.78, 5) is 29.9. The predicted molar refractivity (Wildman–Crippen MR) is 146 cm³/mol. The number of hydrogen-bond donors (Lipinski definition) is 1. The van der Waals surface area contributed by atoms with E-state index >= 15 is 0 Å². The van der Waals surface area contributed by atoms with Crippen LogP contribution in [0.1, 0.15) is 56.3 Å².